The number of carbonyl (C=O) groups is 1. The SMILES string of the molecule is CN(C)CCO[C@@H]1C[C@@H]2CN(C(=O)c3cccn3C)CCN2C1. The monoisotopic (exact) mass is 320 g/mol. The Balaban J connectivity index is 1.53. The van der Waals surface area contributed by atoms with Gasteiger partial charge in [0.1, 0.15) is 5.69 Å². The predicted molar refractivity (Wildman–Crippen MR) is 89.6 cm³/mol. The number of aromatic nitrogens is 1. The first-order valence-electron chi connectivity index (χ1n) is 8.45. The average Bonchev–Trinajstić information content (AvgIpc) is 3.10. The lowest BCUT2D eigenvalue weighted by atomic mass is 10.1. The van der Waals surface area contributed by atoms with Gasteiger partial charge >= 0.3 is 0 Å². The third-order valence-corrected chi connectivity index (χ3v) is 4.92. The second-order valence-electron chi connectivity index (χ2n) is 6.94. The number of piperazine rings is 1. The molecule has 0 spiro atoms. The Morgan fingerprint density at radius 2 is 2.17 bits per heavy atom. The smallest absolute Gasteiger partial charge is 0.270 e. The van der Waals surface area contributed by atoms with Crippen molar-refractivity contribution in [2.75, 3.05) is 53.4 Å². The van der Waals surface area contributed by atoms with Crippen LogP contribution in [0, 0.1) is 0 Å². The van der Waals surface area contributed by atoms with E-state index in [1.54, 1.807) is 0 Å². The van der Waals surface area contributed by atoms with E-state index in [2.05, 4.69) is 23.9 Å². The predicted octanol–water partition coefficient (Wildman–Crippen LogP) is 0.502. The number of nitrogens with zero attached hydrogens (tertiary/aromatic N) is 4. The summed E-state index contributed by atoms with van der Waals surface area (Å²) in [7, 11) is 6.05. The van der Waals surface area contributed by atoms with Gasteiger partial charge in [0, 0.05) is 52.0 Å². The molecule has 1 aromatic heterocycles. The van der Waals surface area contributed by atoms with E-state index in [0.717, 1.165) is 51.4 Å². The van der Waals surface area contributed by atoms with Crippen LogP contribution < -0.4 is 0 Å². The molecule has 2 atom stereocenters. The van der Waals surface area contributed by atoms with E-state index in [9.17, 15) is 4.79 Å². The van der Waals surface area contributed by atoms with Crippen molar-refractivity contribution < 1.29 is 9.53 Å². The van der Waals surface area contributed by atoms with Crippen LogP contribution in [-0.4, -0.2) is 90.7 Å². The van der Waals surface area contributed by atoms with Crippen LogP contribution in [0.2, 0.25) is 0 Å². The molecule has 23 heavy (non-hydrogen) atoms. The first-order valence-corrected chi connectivity index (χ1v) is 8.45. The Kier molecular flexibility index (Phi) is 5.04. The molecule has 1 aromatic rings. The van der Waals surface area contributed by atoms with E-state index in [-0.39, 0.29) is 5.91 Å². The number of fused-ring (bicyclic) bond motifs is 1. The van der Waals surface area contributed by atoms with Gasteiger partial charge in [-0.3, -0.25) is 9.69 Å². The number of ether oxygens (including phenoxy) is 1. The highest BCUT2D eigenvalue weighted by atomic mass is 16.5. The van der Waals surface area contributed by atoms with Gasteiger partial charge in [-0.2, -0.15) is 0 Å². The van der Waals surface area contributed by atoms with Crippen LogP contribution in [0.5, 0.6) is 0 Å². The van der Waals surface area contributed by atoms with Crippen LogP contribution in [0.25, 0.3) is 0 Å². The molecule has 3 heterocycles. The lowest BCUT2D eigenvalue weighted by molar-refractivity contribution is 0.0477. The number of aryl methyl sites for hydroxylation is 1. The summed E-state index contributed by atoms with van der Waals surface area (Å²) in [6.45, 7) is 5.32. The van der Waals surface area contributed by atoms with Gasteiger partial charge in [0.05, 0.1) is 12.7 Å². The van der Waals surface area contributed by atoms with Crippen molar-refractivity contribution in [3.63, 3.8) is 0 Å². The van der Waals surface area contributed by atoms with Crippen LogP contribution >= 0.6 is 0 Å². The summed E-state index contributed by atoms with van der Waals surface area (Å²) >= 11 is 0. The third-order valence-electron chi connectivity index (χ3n) is 4.92. The van der Waals surface area contributed by atoms with Crippen LogP contribution in [0.15, 0.2) is 18.3 Å². The standard InChI is InChI=1S/C17H28N4O2/c1-18(2)9-10-23-15-11-14-12-21(8-7-20(14)13-15)17(22)16-5-4-6-19(16)3/h4-6,14-15H,7-13H2,1-3H3/t14-,15-/m1/s1. The first-order chi connectivity index (χ1) is 11.0. The van der Waals surface area contributed by atoms with Gasteiger partial charge in [0.25, 0.3) is 5.91 Å². The molecule has 3 rings (SSSR count). The van der Waals surface area contributed by atoms with Crippen molar-refractivity contribution in [2.45, 2.75) is 18.6 Å². The molecule has 2 aliphatic heterocycles. The zero-order chi connectivity index (χ0) is 16.4. The summed E-state index contributed by atoms with van der Waals surface area (Å²) in [4.78, 5) is 19.3. The van der Waals surface area contributed by atoms with Crippen LogP contribution in [0.1, 0.15) is 16.9 Å². The van der Waals surface area contributed by atoms with Crippen molar-refractivity contribution in [1.29, 1.82) is 0 Å². The number of hydrogen-bond acceptors (Lipinski definition) is 4. The second kappa shape index (κ2) is 7.03. The maximum Gasteiger partial charge on any atom is 0.270 e. The molecule has 128 valence electrons. The normalized spacial score (nSPS) is 25.1. The minimum atomic E-state index is 0.147. The molecule has 6 heteroatoms. The van der Waals surface area contributed by atoms with Crippen molar-refractivity contribution in [3.8, 4) is 0 Å². The minimum Gasteiger partial charge on any atom is -0.375 e. The molecule has 0 N–H and O–H groups in total. The quantitative estimate of drug-likeness (QED) is 0.792. The zero-order valence-corrected chi connectivity index (χ0v) is 14.4. The fraction of sp³-hybridized carbons (Fsp3) is 0.706. The molecule has 2 fully saturated rings. The Bertz CT molecular complexity index is 542. The summed E-state index contributed by atoms with van der Waals surface area (Å²) in [5.74, 6) is 0.147. The minimum absolute atomic E-state index is 0.147. The third kappa shape index (κ3) is 3.76. The van der Waals surface area contributed by atoms with Crippen molar-refractivity contribution in [2.24, 2.45) is 7.05 Å². The number of amides is 1. The fourth-order valence-corrected chi connectivity index (χ4v) is 3.55. The van der Waals surface area contributed by atoms with Crippen molar-refractivity contribution in [1.82, 2.24) is 19.3 Å². The van der Waals surface area contributed by atoms with Crippen LogP contribution in [0.3, 0.4) is 0 Å². The van der Waals surface area contributed by atoms with Gasteiger partial charge in [-0.15, -0.1) is 0 Å². The molecule has 2 aliphatic rings. The lowest BCUT2D eigenvalue weighted by Gasteiger charge is -2.37. The molecule has 0 unspecified atom stereocenters. The zero-order valence-electron chi connectivity index (χ0n) is 14.4. The van der Waals surface area contributed by atoms with E-state index in [4.69, 9.17) is 4.74 Å². The first kappa shape index (κ1) is 16.5. The van der Waals surface area contributed by atoms with Gasteiger partial charge in [-0.1, -0.05) is 0 Å². The molecule has 1 amide bonds. The summed E-state index contributed by atoms with van der Waals surface area (Å²) in [6.07, 6.45) is 3.27. The van der Waals surface area contributed by atoms with Crippen molar-refractivity contribution >= 4 is 5.91 Å². The summed E-state index contributed by atoms with van der Waals surface area (Å²) in [5.41, 5.74) is 0.773. The molecule has 2 saturated heterocycles. The van der Waals surface area contributed by atoms with E-state index in [1.807, 2.05) is 34.8 Å². The van der Waals surface area contributed by atoms with Gasteiger partial charge in [0.15, 0.2) is 0 Å². The molecule has 0 bridgehead atoms. The summed E-state index contributed by atoms with van der Waals surface area (Å²) < 4.78 is 7.90. The largest absolute Gasteiger partial charge is 0.375 e. The lowest BCUT2D eigenvalue weighted by Crippen LogP contribution is -2.52. The van der Waals surface area contributed by atoms with Gasteiger partial charge < -0.3 is 19.1 Å². The fourth-order valence-electron chi connectivity index (χ4n) is 3.55. The summed E-state index contributed by atoms with van der Waals surface area (Å²) in [6, 6.07) is 4.27. The molecule has 0 saturated carbocycles. The molecule has 0 aromatic carbocycles. The molecule has 6 nitrogen and oxygen atoms in total. The number of likely N-dealkylation sites (N-methyl/N-ethyl adjacent to an activating group) is 1. The molecule has 0 aliphatic carbocycles. The highest BCUT2D eigenvalue weighted by molar-refractivity contribution is 5.92. The maximum absolute atomic E-state index is 12.6. The highest BCUT2D eigenvalue weighted by Gasteiger charge is 2.38. The number of hydrogen-bond donors (Lipinski definition) is 0. The van der Waals surface area contributed by atoms with E-state index < -0.39 is 0 Å². The Morgan fingerprint density at radius 1 is 1.35 bits per heavy atom. The van der Waals surface area contributed by atoms with E-state index >= 15 is 0 Å². The Hall–Kier alpha value is -1.37. The van der Waals surface area contributed by atoms with E-state index in [0.29, 0.717) is 12.1 Å². The van der Waals surface area contributed by atoms with Crippen LogP contribution in [0.4, 0.5) is 0 Å². The summed E-state index contributed by atoms with van der Waals surface area (Å²) in [5, 5.41) is 0. The Morgan fingerprint density at radius 3 is 2.87 bits per heavy atom. The molecular weight excluding hydrogens is 292 g/mol. The maximum atomic E-state index is 12.6. The average molecular weight is 320 g/mol. The van der Waals surface area contributed by atoms with E-state index in [1.165, 1.54) is 0 Å². The van der Waals surface area contributed by atoms with Gasteiger partial charge in [-0.25, -0.2) is 0 Å². The number of carbonyl (C=O) groups excluding carboxylic acids is 1. The molecule has 0 radical (unpaired) electrons. The van der Waals surface area contributed by atoms with Gasteiger partial charge in [0.2, 0.25) is 0 Å². The van der Waals surface area contributed by atoms with Crippen LogP contribution in [-0.2, 0) is 11.8 Å². The number of rotatable bonds is 5. The van der Waals surface area contributed by atoms with Gasteiger partial charge in [-0.05, 0) is 32.6 Å². The highest BCUT2D eigenvalue weighted by Crippen LogP contribution is 2.25. The van der Waals surface area contributed by atoms with Crippen molar-refractivity contribution in [3.05, 3.63) is 24.0 Å². The second-order valence-corrected chi connectivity index (χ2v) is 6.94. The topological polar surface area (TPSA) is 41.0 Å². The Labute approximate surface area is 138 Å². The molecular formula is C17H28N4O2.